The molecule has 0 saturated heterocycles. The highest BCUT2D eigenvalue weighted by Gasteiger charge is 2.18. The standard InChI is InChI=1S/C22H22N4O2S/c27-20(26-19-9-3-5-11-23-19)14-16-13-18(28-17-7-1-2-8-17)15-22(25-16)29-21-10-4-6-12-24-21/h3-6,9-13,15,17H,1-2,7-8,14H2,(H,23,26,27). The summed E-state index contributed by atoms with van der Waals surface area (Å²) in [5.74, 6) is 1.12. The second-order valence-electron chi connectivity index (χ2n) is 6.87. The maximum absolute atomic E-state index is 12.5. The van der Waals surface area contributed by atoms with Gasteiger partial charge in [-0.1, -0.05) is 12.1 Å². The Bertz CT molecular complexity index is 948. The lowest BCUT2D eigenvalue weighted by Gasteiger charge is -2.15. The highest BCUT2D eigenvalue weighted by Crippen LogP contribution is 2.30. The number of ether oxygens (including phenoxy) is 1. The number of nitrogens with zero attached hydrogens (tertiary/aromatic N) is 3. The number of nitrogens with one attached hydrogen (secondary N) is 1. The first-order valence-electron chi connectivity index (χ1n) is 9.72. The lowest BCUT2D eigenvalue weighted by Crippen LogP contribution is -2.16. The average Bonchev–Trinajstić information content (AvgIpc) is 3.22. The summed E-state index contributed by atoms with van der Waals surface area (Å²) in [6.45, 7) is 0. The van der Waals surface area contributed by atoms with Gasteiger partial charge in [-0.2, -0.15) is 0 Å². The molecule has 0 spiro atoms. The molecule has 1 saturated carbocycles. The minimum atomic E-state index is -0.164. The van der Waals surface area contributed by atoms with Crippen molar-refractivity contribution in [2.45, 2.75) is 48.3 Å². The molecule has 1 amide bonds. The van der Waals surface area contributed by atoms with Gasteiger partial charge in [0.05, 0.1) is 18.2 Å². The largest absolute Gasteiger partial charge is 0.490 e. The van der Waals surface area contributed by atoms with E-state index in [4.69, 9.17) is 4.74 Å². The normalized spacial score (nSPS) is 13.9. The molecule has 1 aliphatic carbocycles. The SMILES string of the molecule is O=C(Cc1cc(OC2CCCC2)cc(Sc2ccccn2)n1)Nc1ccccn1. The third-order valence-electron chi connectivity index (χ3n) is 4.55. The topological polar surface area (TPSA) is 77.0 Å². The first kappa shape index (κ1) is 19.4. The second-order valence-corrected chi connectivity index (χ2v) is 7.91. The molecule has 0 bridgehead atoms. The van der Waals surface area contributed by atoms with Crippen molar-refractivity contribution in [2.24, 2.45) is 0 Å². The molecule has 1 fully saturated rings. The zero-order valence-electron chi connectivity index (χ0n) is 16.0. The first-order chi connectivity index (χ1) is 14.2. The second kappa shape index (κ2) is 9.52. The van der Waals surface area contributed by atoms with E-state index in [0.717, 1.165) is 28.6 Å². The van der Waals surface area contributed by atoms with Gasteiger partial charge in [0.15, 0.2) is 0 Å². The molecule has 0 radical (unpaired) electrons. The third-order valence-corrected chi connectivity index (χ3v) is 5.42. The number of hydrogen-bond donors (Lipinski definition) is 1. The van der Waals surface area contributed by atoms with Gasteiger partial charge in [-0.3, -0.25) is 4.79 Å². The Morgan fingerprint density at radius 2 is 1.83 bits per heavy atom. The van der Waals surface area contributed by atoms with Crippen molar-refractivity contribution in [3.8, 4) is 5.75 Å². The Kier molecular flexibility index (Phi) is 6.36. The third kappa shape index (κ3) is 5.77. The van der Waals surface area contributed by atoms with Gasteiger partial charge in [-0.05, 0) is 61.7 Å². The highest BCUT2D eigenvalue weighted by molar-refractivity contribution is 7.99. The number of hydrogen-bond acceptors (Lipinski definition) is 6. The fraction of sp³-hybridized carbons (Fsp3) is 0.273. The quantitative estimate of drug-likeness (QED) is 0.621. The van der Waals surface area contributed by atoms with Crippen molar-refractivity contribution < 1.29 is 9.53 Å². The van der Waals surface area contributed by atoms with E-state index in [-0.39, 0.29) is 18.4 Å². The van der Waals surface area contributed by atoms with E-state index >= 15 is 0 Å². The van der Waals surface area contributed by atoms with Crippen LogP contribution in [0.25, 0.3) is 0 Å². The summed E-state index contributed by atoms with van der Waals surface area (Å²) in [5, 5.41) is 4.41. The highest BCUT2D eigenvalue weighted by atomic mass is 32.2. The Balaban J connectivity index is 1.52. The molecule has 29 heavy (non-hydrogen) atoms. The minimum Gasteiger partial charge on any atom is -0.490 e. The average molecular weight is 407 g/mol. The van der Waals surface area contributed by atoms with Gasteiger partial charge in [0.1, 0.15) is 21.6 Å². The van der Waals surface area contributed by atoms with Crippen LogP contribution in [0.5, 0.6) is 5.75 Å². The smallest absolute Gasteiger partial charge is 0.231 e. The lowest BCUT2D eigenvalue weighted by atomic mass is 10.2. The molecule has 0 atom stereocenters. The van der Waals surface area contributed by atoms with Gasteiger partial charge < -0.3 is 10.1 Å². The van der Waals surface area contributed by atoms with Crippen molar-refractivity contribution in [3.63, 3.8) is 0 Å². The van der Waals surface area contributed by atoms with Gasteiger partial charge in [-0.15, -0.1) is 0 Å². The van der Waals surface area contributed by atoms with Crippen molar-refractivity contribution >= 4 is 23.5 Å². The molecule has 3 aromatic heterocycles. The zero-order chi connectivity index (χ0) is 19.9. The molecule has 7 heteroatoms. The van der Waals surface area contributed by atoms with Crippen LogP contribution in [-0.4, -0.2) is 27.0 Å². The van der Waals surface area contributed by atoms with Gasteiger partial charge in [-0.25, -0.2) is 15.0 Å². The molecule has 0 aromatic carbocycles. The monoisotopic (exact) mass is 406 g/mol. The number of carbonyl (C=O) groups excluding carboxylic acids is 1. The fourth-order valence-electron chi connectivity index (χ4n) is 3.25. The Hall–Kier alpha value is -2.93. The van der Waals surface area contributed by atoms with Crippen LogP contribution >= 0.6 is 11.8 Å². The number of anilines is 1. The molecule has 3 heterocycles. The summed E-state index contributed by atoms with van der Waals surface area (Å²) in [7, 11) is 0. The molecule has 1 N–H and O–H groups in total. The summed E-state index contributed by atoms with van der Waals surface area (Å²) < 4.78 is 6.18. The van der Waals surface area contributed by atoms with E-state index in [1.807, 2.05) is 42.5 Å². The summed E-state index contributed by atoms with van der Waals surface area (Å²) >= 11 is 1.46. The van der Waals surface area contributed by atoms with Crippen LogP contribution in [0.4, 0.5) is 5.82 Å². The van der Waals surface area contributed by atoms with E-state index in [1.165, 1.54) is 24.6 Å². The number of pyridine rings is 3. The summed E-state index contributed by atoms with van der Waals surface area (Å²) in [5.41, 5.74) is 0.660. The Labute approximate surface area is 174 Å². The van der Waals surface area contributed by atoms with Crippen LogP contribution in [0.2, 0.25) is 0 Å². The molecule has 4 rings (SSSR count). The molecule has 0 aliphatic heterocycles. The molecule has 0 unspecified atom stereocenters. The summed E-state index contributed by atoms with van der Waals surface area (Å²) in [6, 6.07) is 14.9. The van der Waals surface area contributed by atoms with Crippen molar-refractivity contribution in [2.75, 3.05) is 5.32 Å². The molecule has 6 nitrogen and oxygen atoms in total. The van der Waals surface area contributed by atoms with Crippen molar-refractivity contribution in [1.29, 1.82) is 0 Å². The maximum atomic E-state index is 12.5. The summed E-state index contributed by atoms with van der Waals surface area (Å²) in [4.78, 5) is 25.6. The van der Waals surface area contributed by atoms with Crippen LogP contribution in [0.15, 0.2) is 71.0 Å². The van der Waals surface area contributed by atoms with Gasteiger partial charge in [0.25, 0.3) is 0 Å². The number of carbonyl (C=O) groups is 1. The van der Waals surface area contributed by atoms with Crippen molar-refractivity contribution in [3.05, 3.63) is 66.6 Å². The van der Waals surface area contributed by atoms with Gasteiger partial charge >= 0.3 is 0 Å². The number of rotatable bonds is 7. The molecule has 148 valence electrons. The van der Waals surface area contributed by atoms with E-state index < -0.39 is 0 Å². The van der Waals surface area contributed by atoms with Crippen LogP contribution in [0.1, 0.15) is 31.4 Å². The van der Waals surface area contributed by atoms with Crippen molar-refractivity contribution in [1.82, 2.24) is 15.0 Å². The first-order valence-corrected chi connectivity index (χ1v) is 10.5. The fourth-order valence-corrected chi connectivity index (χ4v) is 4.06. The molecule has 1 aliphatic rings. The van der Waals surface area contributed by atoms with Gasteiger partial charge in [0.2, 0.25) is 5.91 Å². The minimum absolute atomic E-state index is 0.147. The molecule has 3 aromatic rings. The predicted octanol–water partition coefficient (Wildman–Crippen LogP) is 4.53. The van der Waals surface area contributed by atoms with Crippen LogP contribution < -0.4 is 10.1 Å². The van der Waals surface area contributed by atoms with E-state index in [9.17, 15) is 4.79 Å². The molecular weight excluding hydrogens is 384 g/mol. The maximum Gasteiger partial charge on any atom is 0.231 e. The van der Waals surface area contributed by atoms with E-state index in [2.05, 4.69) is 20.3 Å². The van der Waals surface area contributed by atoms with Crippen LogP contribution in [0.3, 0.4) is 0 Å². The van der Waals surface area contributed by atoms with E-state index in [1.54, 1.807) is 18.5 Å². The molecular formula is C22H22N4O2S. The van der Waals surface area contributed by atoms with Crippen LogP contribution in [-0.2, 0) is 11.2 Å². The predicted molar refractivity (Wildman–Crippen MR) is 112 cm³/mol. The Morgan fingerprint density at radius 1 is 1.03 bits per heavy atom. The van der Waals surface area contributed by atoms with Crippen LogP contribution in [0, 0.1) is 0 Å². The summed E-state index contributed by atoms with van der Waals surface area (Å²) in [6.07, 6.45) is 8.32. The number of amides is 1. The van der Waals surface area contributed by atoms with Gasteiger partial charge in [0, 0.05) is 24.5 Å². The number of aromatic nitrogens is 3. The Morgan fingerprint density at radius 3 is 2.55 bits per heavy atom. The zero-order valence-corrected chi connectivity index (χ0v) is 16.8. The lowest BCUT2D eigenvalue weighted by molar-refractivity contribution is -0.115. The van der Waals surface area contributed by atoms with E-state index in [0.29, 0.717) is 11.5 Å².